The summed E-state index contributed by atoms with van der Waals surface area (Å²) in [7, 11) is 0. The van der Waals surface area contributed by atoms with Crippen molar-refractivity contribution in [3.8, 4) is 0 Å². The van der Waals surface area contributed by atoms with E-state index in [1.54, 1.807) is 0 Å². The van der Waals surface area contributed by atoms with Gasteiger partial charge in [-0.25, -0.2) is 0 Å². The van der Waals surface area contributed by atoms with E-state index in [-0.39, 0.29) is 6.04 Å². The zero-order valence-corrected chi connectivity index (χ0v) is 15.4. The Hall–Kier alpha value is 0.230. The molecule has 0 aliphatic heterocycles. The number of hydrogen-bond acceptors (Lipinski definition) is 2. The number of benzene rings is 1. The smallest absolute Gasteiger partial charge is 0.0995 e. The van der Waals surface area contributed by atoms with Crippen LogP contribution >= 0.6 is 62.1 Å². The molecule has 2 rings (SSSR count). The third-order valence-electron chi connectivity index (χ3n) is 2.87. The minimum absolute atomic E-state index is 0.0493. The third kappa shape index (κ3) is 3.90. The minimum atomic E-state index is -0.0493. The van der Waals surface area contributed by atoms with Crippen LogP contribution in [0.15, 0.2) is 28.7 Å². The van der Waals surface area contributed by atoms with Crippen LogP contribution in [0.5, 0.6) is 0 Å². The molecule has 2 aromatic rings. The van der Waals surface area contributed by atoms with E-state index in [1.807, 2.05) is 24.3 Å². The number of nitrogens with one attached hydrogen (secondary N) is 1. The summed E-state index contributed by atoms with van der Waals surface area (Å²) < 4.78 is 2.33. The molecule has 0 fully saturated rings. The third-order valence-corrected chi connectivity index (χ3v) is 5.20. The van der Waals surface area contributed by atoms with E-state index >= 15 is 0 Å². The molecule has 6 heteroatoms. The maximum Gasteiger partial charge on any atom is 0.0995 e. The molecule has 0 bridgehead atoms. The second-order valence-corrected chi connectivity index (χ2v) is 7.94. The van der Waals surface area contributed by atoms with Gasteiger partial charge >= 0.3 is 0 Å². The molecule has 0 aliphatic carbocycles. The average molecular weight is 414 g/mol. The maximum absolute atomic E-state index is 6.37. The standard InChI is InChI=1S/C14H13BrCl3NS/c1-2-5-19-13(10-7-12(17)20-14(10)18)9-4-3-8(15)6-11(9)16/h3-4,6-7,13,19H,2,5H2,1H3. The molecule has 0 saturated carbocycles. The van der Waals surface area contributed by atoms with Crippen LogP contribution in [0.1, 0.15) is 30.5 Å². The van der Waals surface area contributed by atoms with Crippen molar-refractivity contribution in [3.63, 3.8) is 0 Å². The van der Waals surface area contributed by atoms with Gasteiger partial charge in [0, 0.05) is 15.1 Å². The van der Waals surface area contributed by atoms with Gasteiger partial charge in [-0.05, 0) is 36.7 Å². The van der Waals surface area contributed by atoms with Crippen molar-refractivity contribution in [1.29, 1.82) is 0 Å². The topological polar surface area (TPSA) is 12.0 Å². The van der Waals surface area contributed by atoms with Gasteiger partial charge in [0.15, 0.2) is 0 Å². The summed E-state index contributed by atoms with van der Waals surface area (Å²) in [6.07, 6.45) is 1.03. The molecule has 1 aromatic carbocycles. The first-order chi connectivity index (χ1) is 9.52. The molecule has 0 radical (unpaired) electrons. The van der Waals surface area contributed by atoms with Crippen LogP contribution in [0.4, 0.5) is 0 Å². The molecule has 1 nitrogen and oxygen atoms in total. The number of rotatable bonds is 5. The first kappa shape index (κ1) is 16.6. The Kier molecular flexibility index (Phi) is 6.21. The molecule has 1 unspecified atom stereocenters. The zero-order chi connectivity index (χ0) is 14.7. The van der Waals surface area contributed by atoms with Crippen LogP contribution in [-0.2, 0) is 0 Å². The molecular weight excluding hydrogens is 400 g/mol. The normalized spacial score (nSPS) is 12.7. The summed E-state index contributed by atoms with van der Waals surface area (Å²) in [4.78, 5) is 0. The minimum Gasteiger partial charge on any atom is -0.306 e. The number of thiophene rings is 1. The molecule has 0 aliphatic rings. The van der Waals surface area contributed by atoms with Crippen molar-refractivity contribution in [1.82, 2.24) is 5.32 Å². The van der Waals surface area contributed by atoms with Gasteiger partial charge in [0.1, 0.15) is 0 Å². The Labute approximate surface area is 146 Å². The van der Waals surface area contributed by atoms with Crippen molar-refractivity contribution < 1.29 is 0 Å². The number of hydrogen-bond donors (Lipinski definition) is 1. The summed E-state index contributed by atoms with van der Waals surface area (Å²) in [5.41, 5.74) is 1.97. The van der Waals surface area contributed by atoms with Gasteiger partial charge in [0.2, 0.25) is 0 Å². The average Bonchev–Trinajstić information content (AvgIpc) is 2.71. The van der Waals surface area contributed by atoms with Crippen LogP contribution in [0.25, 0.3) is 0 Å². The van der Waals surface area contributed by atoms with Gasteiger partial charge in [0.25, 0.3) is 0 Å². The molecule has 20 heavy (non-hydrogen) atoms. The zero-order valence-electron chi connectivity index (χ0n) is 10.7. The largest absolute Gasteiger partial charge is 0.306 e. The molecule has 1 atom stereocenters. The molecule has 0 saturated heterocycles. The molecule has 108 valence electrons. The Bertz CT molecular complexity index is 600. The van der Waals surface area contributed by atoms with Crippen molar-refractivity contribution in [2.24, 2.45) is 0 Å². The lowest BCUT2D eigenvalue weighted by molar-refractivity contribution is 0.600. The predicted octanol–water partition coefficient (Wildman–Crippen LogP) is 6.56. The first-order valence-corrected chi connectivity index (χ1v) is 8.90. The fourth-order valence-electron chi connectivity index (χ4n) is 1.96. The van der Waals surface area contributed by atoms with Crippen LogP contribution in [0.2, 0.25) is 13.7 Å². The van der Waals surface area contributed by atoms with Gasteiger partial charge in [-0.15, -0.1) is 11.3 Å². The summed E-state index contributed by atoms with van der Waals surface area (Å²) in [5.74, 6) is 0. The maximum atomic E-state index is 6.37. The summed E-state index contributed by atoms with van der Waals surface area (Å²) in [5, 5.41) is 4.18. The molecular formula is C14H13BrCl3NS. The fraction of sp³-hybridized carbons (Fsp3) is 0.286. The van der Waals surface area contributed by atoms with Crippen molar-refractivity contribution in [2.75, 3.05) is 6.54 Å². The lowest BCUT2D eigenvalue weighted by Gasteiger charge is -2.20. The van der Waals surface area contributed by atoms with Crippen molar-refractivity contribution in [2.45, 2.75) is 19.4 Å². The second-order valence-electron chi connectivity index (χ2n) is 4.33. The predicted molar refractivity (Wildman–Crippen MR) is 93.6 cm³/mol. The van der Waals surface area contributed by atoms with E-state index in [9.17, 15) is 0 Å². The SMILES string of the molecule is CCCNC(c1ccc(Br)cc1Cl)c1cc(Cl)sc1Cl. The van der Waals surface area contributed by atoms with E-state index in [2.05, 4.69) is 28.2 Å². The Morgan fingerprint density at radius 3 is 2.50 bits per heavy atom. The van der Waals surface area contributed by atoms with Gasteiger partial charge in [-0.2, -0.15) is 0 Å². The van der Waals surface area contributed by atoms with E-state index in [1.165, 1.54) is 11.3 Å². The highest BCUT2D eigenvalue weighted by molar-refractivity contribution is 9.10. The fourth-order valence-corrected chi connectivity index (χ4v) is 4.28. The van der Waals surface area contributed by atoms with E-state index in [0.29, 0.717) is 13.7 Å². The Balaban J connectivity index is 2.44. The molecule has 0 spiro atoms. The highest BCUT2D eigenvalue weighted by Gasteiger charge is 2.21. The van der Waals surface area contributed by atoms with Crippen LogP contribution < -0.4 is 5.32 Å². The quantitative estimate of drug-likeness (QED) is 0.585. The van der Waals surface area contributed by atoms with Crippen molar-refractivity contribution >= 4 is 62.1 Å². The van der Waals surface area contributed by atoms with Crippen LogP contribution in [0, 0.1) is 0 Å². The number of halogens is 4. The van der Waals surface area contributed by atoms with Crippen LogP contribution in [0.3, 0.4) is 0 Å². The Morgan fingerprint density at radius 2 is 1.95 bits per heavy atom. The summed E-state index contributed by atoms with van der Waals surface area (Å²) in [6, 6.07) is 7.72. The molecule has 1 aromatic heterocycles. The van der Waals surface area contributed by atoms with Gasteiger partial charge in [0.05, 0.1) is 14.7 Å². The lowest BCUT2D eigenvalue weighted by atomic mass is 10.0. The lowest BCUT2D eigenvalue weighted by Crippen LogP contribution is -2.23. The van der Waals surface area contributed by atoms with Gasteiger partial charge < -0.3 is 5.32 Å². The molecule has 0 amide bonds. The monoisotopic (exact) mass is 411 g/mol. The van der Waals surface area contributed by atoms with Crippen molar-refractivity contribution in [3.05, 3.63) is 53.6 Å². The van der Waals surface area contributed by atoms with E-state index in [0.717, 1.165) is 28.6 Å². The first-order valence-electron chi connectivity index (χ1n) is 6.16. The summed E-state index contributed by atoms with van der Waals surface area (Å²) >= 11 is 23.5. The second kappa shape index (κ2) is 7.48. The van der Waals surface area contributed by atoms with Gasteiger partial charge in [-0.3, -0.25) is 0 Å². The summed E-state index contributed by atoms with van der Waals surface area (Å²) in [6.45, 7) is 3.00. The van der Waals surface area contributed by atoms with Crippen LogP contribution in [-0.4, -0.2) is 6.54 Å². The molecule has 1 N–H and O–H groups in total. The molecule has 1 heterocycles. The Morgan fingerprint density at radius 1 is 1.20 bits per heavy atom. The van der Waals surface area contributed by atoms with E-state index in [4.69, 9.17) is 34.8 Å². The van der Waals surface area contributed by atoms with E-state index < -0.39 is 0 Å². The highest BCUT2D eigenvalue weighted by atomic mass is 79.9. The highest BCUT2D eigenvalue weighted by Crippen LogP contribution is 2.39. The van der Waals surface area contributed by atoms with Gasteiger partial charge in [-0.1, -0.05) is 63.7 Å².